The molecule has 0 aliphatic rings. The molecule has 6 heavy (non-hydrogen) atoms. The van der Waals surface area contributed by atoms with Crippen LogP contribution in [0.3, 0.4) is 0 Å². The summed E-state index contributed by atoms with van der Waals surface area (Å²) in [7, 11) is 0. The van der Waals surface area contributed by atoms with Gasteiger partial charge in [-0.05, 0) is 0 Å². The van der Waals surface area contributed by atoms with Crippen LogP contribution in [-0.4, -0.2) is 26.7 Å². The zero-order valence-electron chi connectivity index (χ0n) is 3.72. The first-order valence-corrected chi connectivity index (χ1v) is 4.40. The second kappa shape index (κ2) is 5.22. The van der Waals surface area contributed by atoms with Gasteiger partial charge in [0.2, 0.25) is 0 Å². The average molecular weight is 151 g/mol. The molecule has 0 atom stereocenters. The Kier molecular flexibility index (Phi) is 5.41. The summed E-state index contributed by atoms with van der Waals surface area (Å²) in [4.78, 5) is 1.99. The minimum atomic E-state index is 0.190. The first kappa shape index (κ1) is 6.22. The predicted molar refractivity (Wildman–Crippen MR) is 27.8 cm³/mol. The van der Waals surface area contributed by atoms with Crippen molar-refractivity contribution in [3.05, 3.63) is 11.1 Å². The molecular weight excluding hydrogens is 143 g/mol. The normalized spacial score (nSPS) is 10.3. The van der Waals surface area contributed by atoms with Crippen LogP contribution in [-0.2, 0) is 0 Å². The molecule has 0 aromatic carbocycles. The summed E-state index contributed by atoms with van der Waals surface area (Å²) in [5.74, 6) is 2.10. The third-order valence-corrected chi connectivity index (χ3v) is 1.31. The molecule has 0 bridgehead atoms. The molecule has 0 radical (unpaired) electrons. The second-order valence-corrected chi connectivity index (χ2v) is 2.35. The average Bonchev–Trinajstić information content (AvgIpc) is 1.61. The van der Waals surface area contributed by atoms with E-state index in [-0.39, 0.29) is 6.61 Å². The van der Waals surface area contributed by atoms with Crippen LogP contribution in [0.4, 0.5) is 0 Å². The van der Waals surface area contributed by atoms with Crippen LogP contribution in [0.15, 0.2) is 11.1 Å². The molecular formula is C4H8OSe. The number of rotatable bonds is 2. The Morgan fingerprint density at radius 3 is 2.67 bits per heavy atom. The van der Waals surface area contributed by atoms with Gasteiger partial charge in [0.15, 0.2) is 0 Å². The number of hydrogen-bond acceptors (Lipinski definition) is 1. The van der Waals surface area contributed by atoms with Gasteiger partial charge in [0, 0.05) is 0 Å². The summed E-state index contributed by atoms with van der Waals surface area (Å²) < 4.78 is 0. The van der Waals surface area contributed by atoms with Crippen molar-refractivity contribution in [1.29, 1.82) is 0 Å². The summed E-state index contributed by atoms with van der Waals surface area (Å²) in [6, 6.07) is 0. The van der Waals surface area contributed by atoms with Crippen molar-refractivity contribution < 1.29 is 5.11 Å². The first-order valence-electron chi connectivity index (χ1n) is 1.70. The van der Waals surface area contributed by atoms with Gasteiger partial charge in [-0.3, -0.25) is 0 Å². The topological polar surface area (TPSA) is 20.2 Å². The van der Waals surface area contributed by atoms with E-state index in [1.807, 2.05) is 4.97 Å². The van der Waals surface area contributed by atoms with Gasteiger partial charge >= 0.3 is 43.5 Å². The Hall–Kier alpha value is 0.219. The van der Waals surface area contributed by atoms with Gasteiger partial charge in [-0.25, -0.2) is 0 Å². The van der Waals surface area contributed by atoms with E-state index < -0.39 is 0 Å². The molecule has 0 unspecified atom stereocenters. The molecule has 36 valence electrons. The summed E-state index contributed by atoms with van der Waals surface area (Å²) in [6.45, 7) is 0.190. The first-order chi connectivity index (χ1) is 2.91. The Morgan fingerprint density at radius 2 is 2.50 bits per heavy atom. The number of aliphatic hydroxyl groups is 1. The monoisotopic (exact) mass is 152 g/mol. The minimum absolute atomic E-state index is 0.190. The maximum atomic E-state index is 8.12. The molecule has 0 aromatic rings. The van der Waals surface area contributed by atoms with Crippen LogP contribution >= 0.6 is 0 Å². The van der Waals surface area contributed by atoms with Crippen LogP contribution < -0.4 is 0 Å². The van der Waals surface area contributed by atoms with E-state index in [4.69, 9.17) is 5.11 Å². The number of hydrogen-bond donors (Lipinski definition) is 1. The summed E-state index contributed by atoms with van der Waals surface area (Å²) in [5.41, 5.74) is 0. The SMILES string of the molecule is C[Se]/C=C\CO. The van der Waals surface area contributed by atoms with Crippen molar-refractivity contribution in [3.63, 3.8) is 0 Å². The molecule has 0 aliphatic carbocycles. The molecule has 0 saturated carbocycles. The van der Waals surface area contributed by atoms with E-state index in [0.29, 0.717) is 15.0 Å². The van der Waals surface area contributed by atoms with Crippen LogP contribution in [0, 0.1) is 0 Å². The molecule has 0 aliphatic heterocycles. The van der Waals surface area contributed by atoms with Gasteiger partial charge in [-0.1, -0.05) is 0 Å². The molecule has 0 rings (SSSR count). The molecule has 1 nitrogen and oxygen atoms in total. The molecule has 0 heterocycles. The van der Waals surface area contributed by atoms with Crippen molar-refractivity contribution in [3.8, 4) is 0 Å². The van der Waals surface area contributed by atoms with Crippen molar-refractivity contribution in [1.82, 2.24) is 0 Å². The van der Waals surface area contributed by atoms with Crippen molar-refractivity contribution >= 4 is 15.0 Å². The fourth-order valence-electron chi connectivity index (χ4n) is 0.139. The predicted octanol–water partition coefficient (Wildman–Crippen LogP) is 0.245. The van der Waals surface area contributed by atoms with E-state index in [2.05, 4.69) is 5.82 Å². The van der Waals surface area contributed by atoms with Gasteiger partial charge in [0.25, 0.3) is 0 Å². The van der Waals surface area contributed by atoms with E-state index in [0.717, 1.165) is 0 Å². The third kappa shape index (κ3) is 4.22. The van der Waals surface area contributed by atoms with Crippen LogP contribution in [0.1, 0.15) is 0 Å². The Morgan fingerprint density at radius 1 is 1.83 bits per heavy atom. The van der Waals surface area contributed by atoms with E-state index in [1.54, 1.807) is 6.08 Å². The zero-order valence-corrected chi connectivity index (χ0v) is 5.43. The van der Waals surface area contributed by atoms with Gasteiger partial charge < -0.3 is 0 Å². The molecule has 0 amide bonds. The fourth-order valence-corrected chi connectivity index (χ4v) is 0.724. The fraction of sp³-hybridized carbons (Fsp3) is 0.500. The molecule has 0 saturated heterocycles. The molecule has 0 fully saturated rings. The molecule has 0 spiro atoms. The van der Waals surface area contributed by atoms with Crippen molar-refractivity contribution in [2.24, 2.45) is 0 Å². The Balaban J connectivity index is 2.73. The third-order valence-electron chi connectivity index (χ3n) is 0.338. The Bertz CT molecular complexity index is 36.8. The molecule has 0 aromatic heterocycles. The van der Waals surface area contributed by atoms with Gasteiger partial charge in [0.1, 0.15) is 0 Å². The second-order valence-electron chi connectivity index (χ2n) is 0.790. The van der Waals surface area contributed by atoms with Crippen molar-refractivity contribution in [2.45, 2.75) is 5.82 Å². The standard InChI is InChI=1S/C4H8OSe/c1-6-4-2-3-5/h2,4-5H,3H2,1H3/b4-2-. The summed E-state index contributed by atoms with van der Waals surface area (Å²) in [6.07, 6.45) is 1.76. The summed E-state index contributed by atoms with van der Waals surface area (Å²) in [5, 5.41) is 8.12. The van der Waals surface area contributed by atoms with Gasteiger partial charge in [0.05, 0.1) is 0 Å². The van der Waals surface area contributed by atoms with Gasteiger partial charge in [-0.2, -0.15) is 0 Å². The van der Waals surface area contributed by atoms with E-state index >= 15 is 0 Å². The zero-order chi connectivity index (χ0) is 4.83. The Labute approximate surface area is 44.2 Å². The van der Waals surface area contributed by atoms with Crippen LogP contribution in [0.2, 0.25) is 5.82 Å². The van der Waals surface area contributed by atoms with Crippen molar-refractivity contribution in [2.75, 3.05) is 6.61 Å². The van der Waals surface area contributed by atoms with Crippen LogP contribution in [0.5, 0.6) is 0 Å². The quantitative estimate of drug-likeness (QED) is 0.560. The maximum absolute atomic E-state index is 8.12. The van der Waals surface area contributed by atoms with E-state index in [9.17, 15) is 0 Å². The van der Waals surface area contributed by atoms with E-state index in [1.165, 1.54) is 0 Å². The summed E-state index contributed by atoms with van der Waals surface area (Å²) >= 11 is 0.586. The number of aliphatic hydroxyl groups excluding tert-OH is 1. The molecule has 2 heteroatoms. The molecule has 1 N–H and O–H groups in total. The van der Waals surface area contributed by atoms with Crippen LogP contribution in [0.25, 0.3) is 0 Å². The van der Waals surface area contributed by atoms with Gasteiger partial charge in [-0.15, -0.1) is 0 Å².